The standard InChI is InChI=1S/C20H20N2O2/c23-20(16-9-5-2-6-10-16)22-19(15-7-3-1-4-8-15)13-18(21-22)17-11-12-24-14-17/h1-10,17,19H,11-14H2. The van der Waals surface area contributed by atoms with E-state index in [2.05, 4.69) is 12.1 Å². The fraction of sp³-hybridized carbons (Fsp3) is 0.300. The van der Waals surface area contributed by atoms with Gasteiger partial charge in [0.15, 0.2) is 0 Å². The Bertz CT molecular complexity index is 737. The third-order valence-electron chi connectivity index (χ3n) is 4.75. The lowest BCUT2D eigenvalue weighted by Crippen LogP contribution is -2.27. The van der Waals surface area contributed by atoms with Crippen LogP contribution in [0, 0.1) is 5.92 Å². The van der Waals surface area contributed by atoms with Crippen molar-refractivity contribution in [1.29, 1.82) is 0 Å². The molecule has 2 atom stereocenters. The lowest BCUT2D eigenvalue weighted by molar-refractivity contribution is 0.0711. The predicted molar refractivity (Wildman–Crippen MR) is 92.8 cm³/mol. The van der Waals surface area contributed by atoms with Gasteiger partial charge in [0.05, 0.1) is 12.6 Å². The van der Waals surface area contributed by atoms with Crippen molar-refractivity contribution in [3.63, 3.8) is 0 Å². The molecular weight excluding hydrogens is 300 g/mol. The van der Waals surface area contributed by atoms with Crippen LogP contribution in [0.15, 0.2) is 65.8 Å². The van der Waals surface area contributed by atoms with E-state index in [1.165, 1.54) is 0 Å². The molecule has 0 bridgehead atoms. The average Bonchev–Trinajstić information content (AvgIpc) is 3.32. The van der Waals surface area contributed by atoms with Crippen LogP contribution in [-0.4, -0.2) is 29.8 Å². The van der Waals surface area contributed by atoms with Crippen LogP contribution in [0.25, 0.3) is 0 Å². The lowest BCUT2D eigenvalue weighted by atomic mass is 9.94. The van der Waals surface area contributed by atoms with E-state index < -0.39 is 0 Å². The topological polar surface area (TPSA) is 41.9 Å². The molecule has 0 spiro atoms. The van der Waals surface area contributed by atoms with Gasteiger partial charge < -0.3 is 4.74 Å². The molecule has 2 aromatic rings. The Morgan fingerprint density at radius 3 is 2.42 bits per heavy atom. The summed E-state index contributed by atoms with van der Waals surface area (Å²) in [6.45, 7) is 1.50. The first kappa shape index (κ1) is 15.1. The summed E-state index contributed by atoms with van der Waals surface area (Å²) in [5.41, 5.74) is 2.89. The first-order chi connectivity index (χ1) is 11.8. The third kappa shape index (κ3) is 2.85. The Labute approximate surface area is 141 Å². The molecule has 2 unspecified atom stereocenters. The largest absolute Gasteiger partial charge is 0.381 e. The number of hydrogen-bond acceptors (Lipinski definition) is 3. The second kappa shape index (κ2) is 6.57. The zero-order valence-corrected chi connectivity index (χ0v) is 13.5. The van der Waals surface area contributed by atoms with Crippen molar-refractivity contribution in [3.05, 3.63) is 71.8 Å². The number of benzene rings is 2. The van der Waals surface area contributed by atoms with E-state index in [0.717, 1.165) is 30.7 Å². The Morgan fingerprint density at radius 2 is 1.75 bits per heavy atom. The van der Waals surface area contributed by atoms with Crippen molar-refractivity contribution in [2.45, 2.75) is 18.9 Å². The quantitative estimate of drug-likeness (QED) is 0.866. The van der Waals surface area contributed by atoms with Crippen LogP contribution >= 0.6 is 0 Å². The van der Waals surface area contributed by atoms with E-state index >= 15 is 0 Å². The van der Waals surface area contributed by atoms with Gasteiger partial charge in [0.1, 0.15) is 0 Å². The summed E-state index contributed by atoms with van der Waals surface area (Å²) < 4.78 is 5.51. The molecule has 1 saturated heterocycles. The highest BCUT2D eigenvalue weighted by molar-refractivity contribution is 5.98. The SMILES string of the molecule is O=C(c1ccccc1)N1N=C(C2CCOC2)CC1c1ccccc1. The average molecular weight is 320 g/mol. The molecule has 0 radical (unpaired) electrons. The molecule has 0 aliphatic carbocycles. The van der Waals surface area contributed by atoms with E-state index in [1.54, 1.807) is 5.01 Å². The smallest absolute Gasteiger partial charge is 0.274 e. The van der Waals surface area contributed by atoms with Gasteiger partial charge in [0, 0.05) is 30.2 Å². The lowest BCUT2D eigenvalue weighted by Gasteiger charge is -2.22. The maximum Gasteiger partial charge on any atom is 0.274 e. The number of carbonyl (C=O) groups excluding carboxylic acids is 1. The molecule has 1 fully saturated rings. The summed E-state index contributed by atoms with van der Waals surface area (Å²) in [5.74, 6) is 0.295. The number of carbonyl (C=O) groups is 1. The van der Waals surface area contributed by atoms with E-state index in [0.29, 0.717) is 18.1 Å². The second-order valence-corrected chi connectivity index (χ2v) is 6.30. The van der Waals surface area contributed by atoms with Crippen LogP contribution in [0.5, 0.6) is 0 Å². The van der Waals surface area contributed by atoms with Gasteiger partial charge in [0.2, 0.25) is 0 Å². The minimum atomic E-state index is -0.0432. The normalized spacial score (nSPS) is 23.3. The van der Waals surface area contributed by atoms with Crippen LogP contribution in [0.2, 0.25) is 0 Å². The molecule has 1 amide bonds. The molecule has 4 rings (SSSR count). The number of hydrazone groups is 1. The zero-order chi connectivity index (χ0) is 16.4. The molecule has 24 heavy (non-hydrogen) atoms. The minimum absolute atomic E-state index is 0.0329. The maximum atomic E-state index is 13.0. The molecule has 4 heteroatoms. The van der Waals surface area contributed by atoms with Gasteiger partial charge in [-0.3, -0.25) is 4.79 Å². The van der Waals surface area contributed by atoms with Crippen LogP contribution < -0.4 is 0 Å². The minimum Gasteiger partial charge on any atom is -0.381 e. The fourth-order valence-corrected chi connectivity index (χ4v) is 3.41. The van der Waals surface area contributed by atoms with E-state index in [1.807, 2.05) is 48.5 Å². The molecule has 2 aliphatic heterocycles. The summed E-state index contributed by atoms with van der Waals surface area (Å²) in [6.07, 6.45) is 1.78. The summed E-state index contributed by atoms with van der Waals surface area (Å²) >= 11 is 0. The number of nitrogens with zero attached hydrogens (tertiary/aromatic N) is 2. The van der Waals surface area contributed by atoms with Crippen LogP contribution in [0.3, 0.4) is 0 Å². The van der Waals surface area contributed by atoms with Crippen molar-refractivity contribution < 1.29 is 9.53 Å². The summed E-state index contributed by atoms with van der Waals surface area (Å²) in [5, 5.41) is 6.39. The number of rotatable bonds is 3. The Balaban J connectivity index is 1.67. The molecule has 2 heterocycles. The van der Waals surface area contributed by atoms with Crippen LogP contribution in [0.1, 0.15) is 34.8 Å². The molecule has 0 saturated carbocycles. The fourth-order valence-electron chi connectivity index (χ4n) is 3.41. The van der Waals surface area contributed by atoms with Gasteiger partial charge in [0.25, 0.3) is 5.91 Å². The van der Waals surface area contributed by atoms with Gasteiger partial charge in [-0.1, -0.05) is 48.5 Å². The highest BCUT2D eigenvalue weighted by Crippen LogP contribution is 2.35. The van der Waals surface area contributed by atoms with Crippen LogP contribution in [-0.2, 0) is 4.74 Å². The monoisotopic (exact) mass is 320 g/mol. The first-order valence-electron chi connectivity index (χ1n) is 8.41. The third-order valence-corrected chi connectivity index (χ3v) is 4.75. The Kier molecular flexibility index (Phi) is 4.13. The molecule has 2 aliphatic rings. The van der Waals surface area contributed by atoms with Crippen molar-refractivity contribution >= 4 is 11.6 Å². The van der Waals surface area contributed by atoms with Crippen molar-refractivity contribution in [1.82, 2.24) is 5.01 Å². The van der Waals surface area contributed by atoms with Crippen molar-refractivity contribution in [2.24, 2.45) is 11.0 Å². The molecule has 4 nitrogen and oxygen atoms in total. The maximum absolute atomic E-state index is 13.0. The number of amides is 1. The number of ether oxygens (including phenoxy) is 1. The van der Waals surface area contributed by atoms with Gasteiger partial charge in [-0.25, -0.2) is 5.01 Å². The van der Waals surface area contributed by atoms with Gasteiger partial charge in [-0.2, -0.15) is 5.10 Å². The molecule has 2 aromatic carbocycles. The Morgan fingerprint density at radius 1 is 1.04 bits per heavy atom. The van der Waals surface area contributed by atoms with Gasteiger partial charge >= 0.3 is 0 Å². The van der Waals surface area contributed by atoms with Crippen molar-refractivity contribution in [2.75, 3.05) is 13.2 Å². The first-order valence-corrected chi connectivity index (χ1v) is 8.41. The zero-order valence-electron chi connectivity index (χ0n) is 13.5. The highest BCUT2D eigenvalue weighted by Gasteiger charge is 2.36. The second-order valence-electron chi connectivity index (χ2n) is 6.30. The molecule has 122 valence electrons. The van der Waals surface area contributed by atoms with Crippen LogP contribution in [0.4, 0.5) is 0 Å². The predicted octanol–water partition coefficient (Wildman–Crippen LogP) is 3.67. The van der Waals surface area contributed by atoms with E-state index in [4.69, 9.17) is 9.84 Å². The van der Waals surface area contributed by atoms with Gasteiger partial charge in [-0.15, -0.1) is 0 Å². The Hall–Kier alpha value is -2.46. The molecule has 0 N–H and O–H groups in total. The summed E-state index contributed by atoms with van der Waals surface area (Å²) in [6, 6.07) is 19.5. The van der Waals surface area contributed by atoms with E-state index in [-0.39, 0.29) is 11.9 Å². The number of hydrogen-bond donors (Lipinski definition) is 0. The molecular formula is C20H20N2O2. The highest BCUT2D eigenvalue weighted by atomic mass is 16.5. The van der Waals surface area contributed by atoms with Gasteiger partial charge in [-0.05, 0) is 24.1 Å². The van der Waals surface area contributed by atoms with E-state index in [9.17, 15) is 4.79 Å². The summed E-state index contributed by atoms with van der Waals surface area (Å²) in [7, 11) is 0. The molecule has 0 aromatic heterocycles. The van der Waals surface area contributed by atoms with Crippen molar-refractivity contribution in [3.8, 4) is 0 Å². The summed E-state index contributed by atoms with van der Waals surface area (Å²) in [4.78, 5) is 13.0.